The van der Waals surface area contributed by atoms with Gasteiger partial charge in [0.25, 0.3) is 0 Å². The number of rotatable bonds is 9. The lowest BCUT2D eigenvalue weighted by atomic mass is 9.97. The van der Waals surface area contributed by atoms with Gasteiger partial charge < -0.3 is 9.84 Å². The molecule has 0 heterocycles. The number of aliphatic hydroxyl groups excluding tert-OH is 1. The third-order valence-corrected chi connectivity index (χ3v) is 3.27. The number of aliphatic hydroxyl groups is 1. The zero-order valence-corrected chi connectivity index (χ0v) is 13.2. The molecule has 116 valence electrons. The molecule has 1 aromatic carbocycles. The summed E-state index contributed by atoms with van der Waals surface area (Å²) in [5.41, 5.74) is 0.603. The van der Waals surface area contributed by atoms with Crippen LogP contribution in [0.25, 0.3) is 0 Å². The van der Waals surface area contributed by atoms with Crippen molar-refractivity contribution in [3.05, 3.63) is 29.8 Å². The van der Waals surface area contributed by atoms with Crippen LogP contribution >= 0.6 is 0 Å². The van der Waals surface area contributed by atoms with Crippen LogP contribution in [0.1, 0.15) is 39.2 Å². The molecule has 1 atom stereocenters. The molecule has 0 bridgehead atoms. The van der Waals surface area contributed by atoms with Crippen molar-refractivity contribution in [2.24, 2.45) is 0 Å². The molecular weight excluding hydrogens is 264 g/mol. The molecule has 1 unspecified atom stereocenters. The van der Waals surface area contributed by atoms with E-state index in [0.717, 1.165) is 24.2 Å². The average molecular weight is 290 g/mol. The third-order valence-electron chi connectivity index (χ3n) is 3.27. The molecule has 1 rings (SSSR count). The van der Waals surface area contributed by atoms with E-state index in [9.17, 15) is 5.26 Å². The van der Waals surface area contributed by atoms with E-state index in [1.807, 2.05) is 45.0 Å². The third kappa shape index (κ3) is 6.61. The zero-order chi connectivity index (χ0) is 15.7. The number of nitrogens with one attached hydrogen (secondary N) is 1. The van der Waals surface area contributed by atoms with Gasteiger partial charge in [0.05, 0.1) is 12.7 Å². The van der Waals surface area contributed by atoms with Crippen molar-refractivity contribution < 1.29 is 9.84 Å². The molecule has 0 aromatic heterocycles. The van der Waals surface area contributed by atoms with Crippen molar-refractivity contribution in [3.63, 3.8) is 0 Å². The Kier molecular flexibility index (Phi) is 7.21. The highest BCUT2D eigenvalue weighted by Crippen LogP contribution is 2.15. The molecule has 4 nitrogen and oxygen atoms in total. The second-order valence-electron chi connectivity index (χ2n) is 5.81. The van der Waals surface area contributed by atoms with Crippen molar-refractivity contribution in [3.8, 4) is 11.8 Å². The first-order chi connectivity index (χ1) is 9.99. The van der Waals surface area contributed by atoms with Crippen molar-refractivity contribution in [2.75, 3.05) is 13.2 Å². The van der Waals surface area contributed by atoms with E-state index in [0.29, 0.717) is 13.0 Å². The predicted octanol–water partition coefficient (Wildman–Crippen LogP) is 2.66. The molecule has 0 aliphatic carbocycles. The van der Waals surface area contributed by atoms with Gasteiger partial charge in [-0.15, -0.1) is 0 Å². The van der Waals surface area contributed by atoms with Crippen LogP contribution in [0.3, 0.4) is 0 Å². The van der Waals surface area contributed by atoms with E-state index in [1.165, 1.54) is 0 Å². The van der Waals surface area contributed by atoms with Crippen LogP contribution in [0.5, 0.6) is 5.75 Å². The lowest BCUT2D eigenvalue weighted by Crippen LogP contribution is -2.45. The maximum absolute atomic E-state index is 9.26. The molecular formula is C17H26N2O2. The highest BCUT2D eigenvalue weighted by molar-refractivity contribution is 5.27. The summed E-state index contributed by atoms with van der Waals surface area (Å²) in [5.74, 6) is 0.826. The lowest BCUT2D eigenvalue weighted by molar-refractivity contribution is 0.280. The Morgan fingerprint density at radius 3 is 2.52 bits per heavy atom. The maximum atomic E-state index is 9.26. The summed E-state index contributed by atoms with van der Waals surface area (Å²) < 4.78 is 5.68. The Bertz CT molecular complexity index is 451. The Hall–Kier alpha value is -1.57. The van der Waals surface area contributed by atoms with Crippen LogP contribution in [0.2, 0.25) is 0 Å². The van der Waals surface area contributed by atoms with Crippen LogP contribution in [0, 0.1) is 11.3 Å². The van der Waals surface area contributed by atoms with Gasteiger partial charge in [-0.25, -0.2) is 0 Å². The molecule has 0 spiro atoms. The summed E-state index contributed by atoms with van der Waals surface area (Å²) in [6.07, 6.45) is 2.24. The predicted molar refractivity (Wildman–Crippen MR) is 84.3 cm³/mol. The Morgan fingerprint density at radius 2 is 2.00 bits per heavy atom. The molecule has 0 aliphatic rings. The first-order valence-electron chi connectivity index (χ1n) is 7.50. The van der Waals surface area contributed by atoms with Crippen LogP contribution in [0.15, 0.2) is 24.3 Å². The van der Waals surface area contributed by atoms with Gasteiger partial charge in [-0.2, -0.15) is 5.26 Å². The van der Waals surface area contributed by atoms with E-state index in [-0.39, 0.29) is 12.6 Å². The molecule has 4 heteroatoms. The second-order valence-corrected chi connectivity index (χ2v) is 5.81. The van der Waals surface area contributed by atoms with E-state index >= 15 is 0 Å². The summed E-state index contributed by atoms with van der Waals surface area (Å²) in [6, 6.07) is 10.4. The van der Waals surface area contributed by atoms with Gasteiger partial charge in [0, 0.05) is 12.6 Å². The van der Waals surface area contributed by atoms with Crippen molar-refractivity contribution >= 4 is 0 Å². The fourth-order valence-corrected chi connectivity index (χ4v) is 2.29. The second kappa shape index (κ2) is 8.66. The first-order valence-corrected chi connectivity index (χ1v) is 7.50. The molecule has 0 aliphatic heterocycles. The standard InChI is InChI=1S/C17H26N2O2/c1-14(2)19-17(3,13-18)10-4-12-21-16-7-5-15(6-8-16)9-11-20/h5-8,14,19-20H,4,9-12H2,1-3H3. The lowest BCUT2D eigenvalue weighted by Gasteiger charge is -2.25. The maximum Gasteiger partial charge on any atom is 0.119 e. The van der Waals surface area contributed by atoms with Gasteiger partial charge in [0.1, 0.15) is 11.3 Å². The minimum atomic E-state index is -0.498. The van der Waals surface area contributed by atoms with Gasteiger partial charge >= 0.3 is 0 Å². The average Bonchev–Trinajstić information content (AvgIpc) is 2.45. The Balaban J connectivity index is 2.34. The van der Waals surface area contributed by atoms with E-state index < -0.39 is 5.54 Å². The van der Waals surface area contributed by atoms with E-state index in [2.05, 4.69) is 11.4 Å². The number of nitrogens with zero attached hydrogens (tertiary/aromatic N) is 1. The Labute approximate surface area is 127 Å². The molecule has 21 heavy (non-hydrogen) atoms. The number of hydrogen-bond acceptors (Lipinski definition) is 4. The SMILES string of the molecule is CC(C)NC(C)(C#N)CCCOc1ccc(CCO)cc1. The summed E-state index contributed by atoms with van der Waals surface area (Å²) in [7, 11) is 0. The minimum Gasteiger partial charge on any atom is -0.494 e. The van der Waals surface area contributed by atoms with Gasteiger partial charge in [0.15, 0.2) is 0 Å². The van der Waals surface area contributed by atoms with Gasteiger partial charge in [-0.05, 0) is 57.7 Å². The topological polar surface area (TPSA) is 65.3 Å². The number of benzene rings is 1. The molecule has 0 saturated heterocycles. The molecule has 1 aromatic rings. The highest BCUT2D eigenvalue weighted by Gasteiger charge is 2.23. The Morgan fingerprint density at radius 1 is 1.33 bits per heavy atom. The normalized spacial score (nSPS) is 13.7. The zero-order valence-electron chi connectivity index (χ0n) is 13.2. The van der Waals surface area contributed by atoms with E-state index in [1.54, 1.807) is 0 Å². The molecule has 2 N–H and O–H groups in total. The fourth-order valence-electron chi connectivity index (χ4n) is 2.29. The van der Waals surface area contributed by atoms with Crippen molar-refractivity contribution in [2.45, 2.75) is 51.6 Å². The van der Waals surface area contributed by atoms with Gasteiger partial charge in [-0.1, -0.05) is 12.1 Å². The monoisotopic (exact) mass is 290 g/mol. The van der Waals surface area contributed by atoms with Crippen molar-refractivity contribution in [1.82, 2.24) is 5.32 Å². The number of nitriles is 1. The van der Waals surface area contributed by atoms with Crippen LogP contribution in [0.4, 0.5) is 0 Å². The molecule has 0 fully saturated rings. The van der Waals surface area contributed by atoms with Crippen LogP contribution in [-0.4, -0.2) is 29.9 Å². The summed E-state index contributed by atoms with van der Waals surface area (Å²) in [5, 5.41) is 21.4. The van der Waals surface area contributed by atoms with Crippen LogP contribution < -0.4 is 10.1 Å². The first kappa shape index (κ1) is 17.5. The summed E-state index contributed by atoms with van der Waals surface area (Å²) in [6.45, 7) is 6.77. The number of ether oxygens (including phenoxy) is 1. The fraction of sp³-hybridized carbons (Fsp3) is 0.588. The summed E-state index contributed by atoms with van der Waals surface area (Å²) in [4.78, 5) is 0. The molecule has 0 radical (unpaired) electrons. The van der Waals surface area contributed by atoms with Crippen molar-refractivity contribution in [1.29, 1.82) is 5.26 Å². The summed E-state index contributed by atoms with van der Waals surface area (Å²) >= 11 is 0. The number of hydrogen-bond donors (Lipinski definition) is 2. The molecule has 0 amide bonds. The largest absolute Gasteiger partial charge is 0.494 e. The van der Waals surface area contributed by atoms with Gasteiger partial charge in [0.2, 0.25) is 0 Å². The van der Waals surface area contributed by atoms with E-state index in [4.69, 9.17) is 9.84 Å². The molecule has 0 saturated carbocycles. The van der Waals surface area contributed by atoms with Crippen LogP contribution in [-0.2, 0) is 6.42 Å². The quantitative estimate of drug-likeness (QED) is 0.686. The smallest absolute Gasteiger partial charge is 0.119 e. The highest BCUT2D eigenvalue weighted by atomic mass is 16.5. The van der Waals surface area contributed by atoms with Gasteiger partial charge in [-0.3, -0.25) is 5.32 Å². The minimum absolute atomic E-state index is 0.162.